The van der Waals surface area contributed by atoms with Gasteiger partial charge in [-0.25, -0.2) is 0 Å². The standard InChI is InChI=1S/C10H14/c1-3-8-5-9-6-10(8)4-7(9)2/h3-4,8-10H,1,5-6H2,2H3/t8-,9-,10-/m1/s1. The molecule has 3 atom stereocenters. The van der Waals surface area contributed by atoms with Crippen LogP contribution in [0.15, 0.2) is 24.3 Å². The average molecular weight is 134 g/mol. The van der Waals surface area contributed by atoms with E-state index in [2.05, 4.69) is 25.7 Å². The van der Waals surface area contributed by atoms with Crippen molar-refractivity contribution in [2.45, 2.75) is 19.8 Å². The fourth-order valence-corrected chi connectivity index (χ4v) is 2.41. The minimum atomic E-state index is 0.800. The van der Waals surface area contributed by atoms with Crippen LogP contribution in [0.1, 0.15) is 19.8 Å². The minimum Gasteiger partial charge on any atom is -0.103 e. The van der Waals surface area contributed by atoms with Crippen LogP contribution in [0.3, 0.4) is 0 Å². The van der Waals surface area contributed by atoms with Gasteiger partial charge in [0.05, 0.1) is 0 Å². The van der Waals surface area contributed by atoms with E-state index in [9.17, 15) is 0 Å². The summed E-state index contributed by atoms with van der Waals surface area (Å²) in [6, 6.07) is 0. The molecule has 54 valence electrons. The molecular formula is C10H14. The number of hydrogen-bond donors (Lipinski definition) is 0. The summed E-state index contributed by atoms with van der Waals surface area (Å²) in [5.74, 6) is 2.56. The third-order valence-corrected chi connectivity index (χ3v) is 3.09. The van der Waals surface area contributed by atoms with Gasteiger partial charge in [0.25, 0.3) is 0 Å². The van der Waals surface area contributed by atoms with Crippen LogP contribution in [0.5, 0.6) is 0 Å². The Kier molecular flexibility index (Phi) is 1.23. The molecule has 0 unspecified atom stereocenters. The van der Waals surface area contributed by atoms with Gasteiger partial charge in [-0.05, 0) is 37.5 Å². The van der Waals surface area contributed by atoms with Crippen LogP contribution in [-0.4, -0.2) is 0 Å². The van der Waals surface area contributed by atoms with Crippen LogP contribution in [0.25, 0.3) is 0 Å². The van der Waals surface area contributed by atoms with Gasteiger partial charge in [0.2, 0.25) is 0 Å². The van der Waals surface area contributed by atoms with Gasteiger partial charge < -0.3 is 0 Å². The molecule has 0 spiro atoms. The summed E-state index contributed by atoms with van der Waals surface area (Å²) in [6.07, 6.45) is 7.35. The number of rotatable bonds is 1. The van der Waals surface area contributed by atoms with E-state index < -0.39 is 0 Å². The average Bonchev–Trinajstić information content (AvgIpc) is 2.44. The quantitative estimate of drug-likeness (QED) is 0.484. The van der Waals surface area contributed by atoms with E-state index in [0.29, 0.717) is 0 Å². The lowest BCUT2D eigenvalue weighted by Crippen LogP contribution is -2.04. The highest BCUT2D eigenvalue weighted by Crippen LogP contribution is 2.47. The molecule has 0 aromatic rings. The van der Waals surface area contributed by atoms with E-state index in [-0.39, 0.29) is 0 Å². The lowest BCUT2D eigenvalue weighted by molar-refractivity contribution is 0.542. The van der Waals surface area contributed by atoms with E-state index in [1.54, 1.807) is 5.57 Å². The Morgan fingerprint density at radius 2 is 2.40 bits per heavy atom. The molecule has 2 aliphatic carbocycles. The number of fused-ring (bicyclic) bond motifs is 2. The Morgan fingerprint density at radius 1 is 1.60 bits per heavy atom. The summed E-state index contributed by atoms with van der Waals surface area (Å²) in [6.45, 7) is 6.13. The zero-order chi connectivity index (χ0) is 7.14. The normalized spacial score (nSPS) is 43.7. The van der Waals surface area contributed by atoms with Gasteiger partial charge in [0.15, 0.2) is 0 Å². The van der Waals surface area contributed by atoms with E-state index in [4.69, 9.17) is 0 Å². The predicted octanol–water partition coefficient (Wildman–Crippen LogP) is 2.77. The topological polar surface area (TPSA) is 0 Å². The smallest absolute Gasteiger partial charge is 0.0162 e. The van der Waals surface area contributed by atoms with Crippen molar-refractivity contribution in [1.29, 1.82) is 0 Å². The third kappa shape index (κ3) is 0.681. The molecule has 0 amide bonds. The first kappa shape index (κ1) is 6.21. The second-order valence-corrected chi connectivity index (χ2v) is 3.64. The summed E-state index contributed by atoms with van der Waals surface area (Å²) < 4.78 is 0. The van der Waals surface area contributed by atoms with Gasteiger partial charge in [-0.2, -0.15) is 0 Å². The highest BCUT2D eigenvalue weighted by atomic mass is 14.4. The highest BCUT2D eigenvalue weighted by molar-refractivity contribution is 5.21. The molecule has 2 aliphatic rings. The van der Waals surface area contributed by atoms with Gasteiger partial charge in [0.1, 0.15) is 0 Å². The molecule has 1 fully saturated rings. The third-order valence-electron chi connectivity index (χ3n) is 3.09. The van der Waals surface area contributed by atoms with Crippen LogP contribution in [0.4, 0.5) is 0 Å². The van der Waals surface area contributed by atoms with E-state index in [1.165, 1.54) is 12.8 Å². The van der Waals surface area contributed by atoms with Crippen molar-refractivity contribution >= 4 is 0 Å². The first-order chi connectivity index (χ1) is 4.81. The SMILES string of the molecule is C=C[C@@H]1C[C@@H]2C[C@H]1C=C2C. The summed E-state index contributed by atoms with van der Waals surface area (Å²) in [4.78, 5) is 0. The molecule has 0 N–H and O–H groups in total. The zero-order valence-electron chi connectivity index (χ0n) is 6.51. The first-order valence-corrected chi connectivity index (χ1v) is 4.12. The molecule has 0 saturated heterocycles. The fourth-order valence-electron chi connectivity index (χ4n) is 2.41. The Bertz CT molecular complexity index is 188. The van der Waals surface area contributed by atoms with E-state index >= 15 is 0 Å². The van der Waals surface area contributed by atoms with Crippen LogP contribution < -0.4 is 0 Å². The summed E-state index contributed by atoms with van der Waals surface area (Å²) in [5.41, 5.74) is 1.63. The number of hydrogen-bond acceptors (Lipinski definition) is 0. The summed E-state index contributed by atoms with van der Waals surface area (Å²) in [7, 11) is 0. The largest absolute Gasteiger partial charge is 0.103 e. The minimum absolute atomic E-state index is 0.800. The zero-order valence-corrected chi connectivity index (χ0v) is 6.51. The molecule has 0 nitrogen and oxygen atoms in total. The maximum Gasteiger partial charge on any atom is -0.0162 e. The molecule has 2 bridgehead atoms. The monoisotopic (exact) mass is 134 g/mol. The van der Waals surface area contributed by atoms with Crippen molar-refractivity contribution in [2.75, 3.05) is 0 Å². The molecule has 0 aromatic carbocycles. The van der Waals surface area contributed by atoms with Gasteiger partial charge >= 0.3 is 0 Å². The molecule has 10 heavy (non-hydrogen) atoms. The Labute approximate surface area is 62.6 Å². The molecule has 0 heteroatoms. The predicted molar refractivity (Wildman–Crippen MR) is 43.7 cm³/mol. The molecule has 0 aromatic heterocycles. The molecule has 1 saturated carbocycles. The van der Waals surface area contributed by atoms with Crippen molar-refractivity contribution in [1.82, 2.24) is 0 Å². The maximum absolute atomic E-state index is 3.86. The van der Waals surface area contributed by atoms with Gasteiger partial charge in [0, 0.05) is 0 Å². The molecule has 0 radical (unpaired) electrons. The van der Waals surface area contributed by atoms with Crippen LogP contribution in [0, 0.1) is 17.8 Å². The van der Waals surface area contributed by atoms with E-state index in [1.807, 2.05) is 0 Å². The molecular weight excluding hydrogens is 120 g/mol. The number of allylic oxidation sites excluding steroid dienone is 3. The Hall–Kier alpha value is -0.520. The van der Waals surface area contributed by atoms with E-state index in [0.717, 1.165) is 17.8 Å². The summed E-state index contributed by atoms with van der Waals surface area (Å²) >= 11 is 0. The van der Waals surface area contributed by atoms with Crippen molar-refractivity contribution < 1.29 is 0 Å². The van der Waals surface area contributed by atoms with Crippen LogP contribution in [0.2, 0.25) is 0 Å². The maximum atomic E-state index is 3.86. The summed E-state index contributed by atoms with van der Waals surface area (Å²) in [5, 5.41) is 0. The molecule has 0 heterocycles. The highest BCUT2D eigenvalue weighted by Gasteiger charge is 2.36. The van der Waals surface area contributed by atoms with Crippen molar-refractivity contribution in [2.24, 2.45) is 17.8 Å². The van der Waals surface area contributed by atoms with Crippen molar-refractivity contribution in [3.63, 3.8) is 0 Å². The van der Waals surface area contributed by atoms with Gasteiger partial charge in [-0.1, -0.05) is 17.7 Å². The van der Waals surface area contributed by atoms with Crippen molar-refractivity contribution in [3.05, 3.63) is 24.3 Å². The Morgan fingerprint density at radius 3 is 2.80 bits per heavy atom. The van der Waals surface area contributed by atoms with Gasteiger partial charge in [-0.3, -0.25) is 0 Å². The second-order valence-electron chi connectivity index (χ2n) is 3.64. The van der Waals surface area contributed by atoms with Crippen LogP contribution in [-0.2, 0) is 0 Å². The Balaban J connectivity index is 2.21. The first-order valence-electron chi connectivity index (χ1n) is 4.12. The van der Waals surface area contributed by atoms with Gasteiger partial charge in [-0.15, -0.1) is 6.58 Å². The molecule has 0 aliphatic heterocycles. The fraction of sp³-hybridized carbons (Fsp3) is 0.600. The van der Waals surface area contributed by atoms with Crippen molar-refractivity contribution in [3.8, 4) is 0 Å². The lowest BCUT2D eigenvalue weighted by atomic mass is 9.91. The van der Waals surface area contributed by atoms with Crippen LogP contribution >= 0.6 is 0 Å². The molecule has 2 rings (SSSR count). The second kappa shape index (κ2) is 1.98. The lowest BCUT2D eigenvalue weighted by Gasteiger charge is -2.15.